The molecule has 23 heavy (non-hydrogen) atoms. The smallest absolute Gasteiger partial charge is 0.234 e. The van der Waals surface area contributed by atoms with Gasteiger partial charge in [0.25, 0.3) is 0 Å². The molecule has 4 nitrogen and oxygen atoms in total. The molecule has 0 heterocycles. The van der Waals surface area contributed by atoms with Crippen LogP contribution in [0.4, 0.5) is 0 Å². The summed E-state index contributed by atoms with van der Waals surface area (Å²) in [5, 5.41) is 0. The lowest BCUT2D eigenvalue weighted by Gasteiger charge is -2.17. The maximum Gasteiger partial charge on any atom is 0.234 e. The van der Waals surface area contributed by atoms with Crippen molar-refractivity contribution >= 4 is 11.7 Å². The molecule has 0 saturated carbocycles. The van der Waals surface area contributed by atoms with Crippen molar-refractivity contribution in [3.8, 4) is 0 Å². The van der Waals surface area contributed by atoms with Crippen LogP contribution in [0.15, 0.2) is 24.3 Å². The van der Waals surface area contributed by atoms with Gasteiger partial charge in [-0.2, -0.15) is 0 Å². The predicted octanol–water partition coefficient (Wildman–Crippen LogP) is 3.80. The van der Waals surface area contributed by atoms with E-state index in [1.54, 1.807) is 0 Å². The van der Waals surface area contributed by atoms with E-state index >= 15 is 0 Å². The first-order chi connectivity index (χ1) is 11.1. The zero-order valence-corrected chi connectivity index (χ0v) is 14.7. The minimum absolute atomic E-state index is 0.00310. The number of carbonyl (C=O) groups is 2. The van der Waals surface area contributed by atoms with E-state index in [1.165, 1.54) is 5.56 Å². The van der Waals surface area contributed by atoms with Gasteiger partial charge in [-0.05, 0) is 24.8 Å². The van der Waals surface area contributed by atoms with Crippen LogP contribution < -0.4 is 10.9 Å². The second-order valence-electron chi connectivity index (χ2n) is 5.93. The number of hydrogen-bond donors (Lipinski definition) is 2. The number of benzene rings is 1. The van der Waals surface area contributed by atoms with Crippen molar-refractivity contribution in [3.63, 3.8) is 0 Å². The highest BCUT2D eigenvalue weighted by molar-refractivity contribution is 5.96. The van der Waals surface area contributed by atoms with Gasteiger partial charge in [-0.15, -0.1) is 0 Å². The molecule has 128 valence electrons. The molecule has 1 amide bonds. The van der Waals surface area contributed by atoms with Crippen molar-refractivity contribution in [1.82, 2.24) is 10.9 Å². The number of ketones is 1. The van der Waals surface area contributed by atoms with Crippen molar-refractivity contribution in [2.45, 2.75) is 71.8 Å². The Balaban J connectivity index is 2.42. The maximum atomic E-state index is 12.3. The van der Waals surface area contributed by atoms with E-state index < -0.39 is 0 Å². The summed E-state index contributed by atoms with van der Waals surface area (Å²) < 4.78 is 0. The minimum atomic E-state index is -0.0384. The van der Waals surface area contributed by atoms with E-state index in [2.05, 4.69) is 24.7 Å². The molecule has 0 aliphatic heterocycles. The first-order valence-electron chi connectivity index (χ1n) is 8.77. The summed E-state index contributed by atoms with van der Waals surface area (Å²) in [5.74, 6) is 0.101. The third-order valence-corrected chi connectivity index (χ3v) is 4.03. The summed E-state index contributed by atoms with van der Waals surface area (Å²) in [6, 6.07) is 7.73. The molecule has 1 unspecified atom stereocenters. The van der Waals surface area contributed by atoms with Gasteiger partial charge in [-0.25, -0.2) is 5.43 Å². The first kappa shape index (κ1) is 19.4. The van der Waals surface area contributed by atoms with Gasteiger partial charge in [0.1, 0.15) is 0 Å². The quantitative estimate of drug-likeness (QED) is 0.371. The molecule has 0 fully saturated rings. The number of rotatable bonds is 11. The maximum absolute atomic E-state index is 12.3. The molecule has 1 atom stereocenters. The van der Waals surface area contributed by atoms with E-state index in [9.17, 15) is 9.59 Å². The molecule has 0 aliphatic rings. The molecule has 0 aromatic heterocycles. The Morgan fingerprint density at radius 2 is 1.74 bits per heavy atom. The highest BCUT2D eigenvalue weighted by Crippen LogP contribution is 2.10. The van der Waals surface area contributed by atoms with Crippen molar-refractivity contribution in [2.75, 3.05) is 0 Å². The molecule has 0 radical (unpaired) electrons. The average molecular weight is 318 g/mol. The van der Waals surface area contributed by atoms with Crippen LogP contribution in [0.1, 0.15) is 75.2 Å². The molecule has 0 aliphatic carbocycles. The van der Waals surface area contributed by atoms with Crippen LogP contribution in [0.5, 0.6) is 0 Å². The second kappa shape index (κ2) is 10.9. The summed E-state index contributed by atoms with van der Waals surface area (Å²) in [6.45, 7) is 6.22. The van der Waals surface area contributed by atoms with Crippen molar-refractivity contribution in [3.05, 3.63) is 35.4 Å². The molecule has 0 spiro atoms. The number of nitrogens with one attached hydrogen (secondary N) is 2. The Morgan fingerprint density at radius 1 is 1.04 bits per heavy atom. The lowest BCUT2D eigenvalue weighted by Crippen LogP contribution is -2.44. The standard InChI is InChI=1S/C19H30N2O2/c1-4-7-8-9-19(23)21-20-17(6-3)14-18(22)16-12-10-15(5-2)11-13-16/h10-13,17,20H,4-9,14H2,1-3H3,(H,21,23). The predicted molar refractivity (Wildman–Crippen MR) is 94.3 cm³/mol. The number of carbonyl (C=O) groups excluding carboxylic acids is 2. The summed E-state index contributed by atoms with van der Waals surface area (Å²) in [7, 11) is 0. The van der Waals surface area contributed by atoms with Gasteiger partial charge < -0.3 is 0 Å². The molecule has 2 N–H and O–H groups in total. The molecular weight excluding hydrogens is 288 g/mol. The summed E-state index contributed by atoms with van der Waals surface area (Å²) in [5.41, 5.74) is 7.69. The van der Waals surface area contributed by atoms with E-state index in [1.807, 2.05) is 31.2 Å². The van der Waals surface area contributed by atoms with Crippen LogP contribution in [0.25, 0.3) is 0 Å². The molecule has 1 aromatic carbocycles. The Kier molecular flexibility index (Phi) is 9.22. The van der Waals surface area contributed by atoms with Gasteiger partial charge in [0.05, 0.1) is 0 Å². The molecule has 4 heteroatoms. The van der Waals surface area contributed by atoms with Gasteiger partial charge in [-0.1, -0.05) is 57.9 Å². The fourth-order valence-corrected chi connectivity index (χ4v) is 2.35. The normalized spacial score (nSPS) is 12.0. The fourth-order valence-electron chi connectivity index (χ4n) is 2.35. The number of hydrogen-bond acceptors (Lipinski definition) is 3. The molecule has 1 rings (SSSR count). The van der Waals surface area contributed by atoms with Gasteiger partial charge in [0, 0.05) is 24.4 Å². The Labute approximate surface area is 140 Å². The Bertz CT molecular complexity index is 483. The zero-order chi connectivity index (χ0) is 17.1. The number of Topliss-reactive ketones (excluding diaryl/α,β-unsaturated/α-hetero) is 1. The highest BCUT2D eigenvalue weighted by Gasteiger charge is 2.14. The monoisotopic (exact) mass is 318 g/mol. The van der Waals surface area contributed by atoms with Crippen molar-refractivity contribution in [1.29, 1.82) is 0 Å². The zero-order valence-electron chi connectivity index (χ0n) is 14.7. The van der Waals surface area contributed by atoms with Crippen LogP contribution >= 0.6 is 0 Å². The number of hydrazine groups is 1. The third-order valence-electron chi connectivity index (χ3n) is 4.03. The van der Waals surface area contributed by atoms with E-state index in [0.717, 1.165) is 37.7 Å². The Hall–Kier alpha value is -1.68. The highest BCUT2D eigenvalue weighted by atomic mass is 16.2. The SMILES string of the molecule is CCCCCC(=O)NNC(CC)CC(=O)c1ccc(CC)cc1. The lowest BCUT2D eigenvalue weighted by atomic mass is 10.0. The van der Waals surface area contributed by atoms with Gasteiger partial charge >= 0.3 is 0 Å². The lowest BCUT2D eigenvalue weighted by molar-refractivity contribution is -0.122. The van der Waals surface area contributed by atoms with Crippen LogP contribution in [-0.4, -0.2) is 17.7 Å². The summed E-state index contributed by atoms with van der Waals surface area (Å²) >= 11 is 0. The van der Waals surface area contributed by atoms with Crippen molar-refractivity contribution in [2.24, 2.45) is 0 Å². The molecule has 0 saturated heterocycles. The van der Waals surface area contributed by atoms with Gasteiger partial charge in [-0.3, -0.25) is 15.0 Å². The molecular formula is C19H30N2O2. The minimum Gasteiger partial charge on any atom is -0.294 e. The van der Waals surface area contributed by atoms with Crippen LogP contribution in [-0.2, 0) is 11.2 Å². The topological polar surface area (TPSA) is 58.2 Å². The van der Waals surface area contributed by atoms with Crippen molar-refractivity contribution < 1.29 is 9.59 Å². The van der Waals surface area contributed by atoms with Crippen LogP contribution in [0.3, 0.4) is 0 Å². The van der Waals surface area contributed by atoms with E-state index in [0.29, 0.717) is 12.8 Å². The third kappa shape index (κ3) is 7.42. The van der Waals surface area contributed by atoms with Crippen LogP contribution in [0.2, 0.25) is 0 Å². The number of aryl methyl sites for hydroxylation is 1. The number of unbranched alkanes of at least 4 members (excludes halogenated alkanes) is 2. The largest absolute Gasteiger partial charge is 0.294 e. The first-order valence-corrected chi connectivity index (χ1v) is 8.77. The molecule has 1 aromatic rings. The van der Waals surface area contributed by atoms with E-state index in [4.69, 9.17) is 0 Å². The molecule has 0 bridgehead atoms. The number of amides is 1. The summed E-state index contributed by atoms with van der Waals surface area (Å²) in [6.07, 6.45) is 5.75. The summed E-state index contributed by atoms with van der Waals surface area (Å²) in [4.78, 5) is 24.0. The average Bonchev–Trinajstić information content (AvgIpc) is 2.58. The second-order valence-corrected chi connectivity index (χ2v) is 5.93. The van der Waals surface area contributed by atoms with E-state index in [-0.39, 0.29) is 17.7 Å². The van der Waals surface area contributed by atoms with Crippen LogP contribution in [0, 0.1) is 0 Å². The Morgan fingerprint density at radius 3 is 2.30 bits per heavy atom. The van der Waals surface area contributed by atoms with Gasteiger partial charge in [0.15, 0.2) is 5.78 Å². The van der Waals surface area contributed by atoms with Gasteiger partial charge in [0.2, 0.25) is 5.91 Å². The fraction of sp³-hybridized carbons (Fsp3) is 0.579.